The minimum absolute atomic E-state index is 0.0881. The molecule has 5 nitrogen and oxygen atoms in total. The molecule has 4 aromatic rings. The van der Waals surface area contributed by atoms with Crippen LogP contribution in [0, 0.1) is 0 Å². The molecule has 0 radical (unpaired) electrons. The molecule has 0 saturated heterocycles. The summed E-state index contributed by atoms with van der Waals surface area (Å²) in [6, 6.07) is 15.6. The van der Waals surface area contributed by atoms with E-state index in [9.17, 15) is 4.79 Å². The van der Waals surface area contributed by atoms with Crippen molar-refractivity contribution in [1.82, 2.24) is 9.97 Å². The average molecular weight is 414 g/mol. The molecule has 8 heteroatoms. The van der Waals surface area contributed by atoms with E-state index in [1.54, 1.807) is 18.4 Å². The van der Waals surface area contributed by atoms with Gasteiger partial charge in [-0.15, -0.1) is 22.7 Å². The summed E-state index contributed by atoms with van der Waals surface area (Å²) in [5.74, 6) is 1.02. The predicted octanol–water partition coefficient (Wildman–Crippen LogP) is 5.16. The molecule has 2 heterocycles. The van der Waals surface area contributed by atoms with Crippen LogP contribution in [-0.2, 0) is 4.79 Å². The maximum Gasteiger partial charge on any atom is 0.236 e. The van der Waals surface area contributed by atoms with Gasteiger partial charge in [-0.25, -0.2) is 9.97 Å². The highest BCUT2D eigenvalue weighted by Gasteiger charge is 2.11. The van der Waals surface area contributed by atoms with Crippen molar-refractivity contribution in [3.8, 4) is 17.0 Å². The summed E-state index contributed by atoms with van der Waals surface area (Å²) in [5, 5.41) is 5.38. The highest BCUT2D eigenvalue weighted by Crippen LogP contribution is 2.30. The summed E-state index contributed by atoms with van der Waals surface area (Å²) in [4.78, 5) is 21.2. The number of rotatable bonds is 6. The van der Waals surface area contributed by atoms with E-state index >= 15 is 0 Å². The van der Waals surface area contributed by atoms with Crippen LogP contribution in [0.2, 0.25) is 0 Å². The number of nitrogens with one attached hydrogen (secondary N) is 1. The molecule has 0 spiro atoms. The Morgan fingerprint density at radius 1 is 1.15 bits per heavy atom. The van der Waals surface area contributed by atoms with E-state index in [1.807, 2.05) is 53.9 Å². The number of carbonyl (C=O) groups is 1. The van der Waals surface area contributed by atoms with Crippen molar-refractivity contribution in [3.63, 3.8) is 0 Å². The molecule has 1 N–H and O–H groups in total. The number of thiazole rings is 2. The van der Waals surface area contributed by atoms with Gasteiger partial charge in [0.25, 0.3) is 0 Å². The Bertz CT molecular complexity index is 1040. The number of nitrogens with zero attached hydrogens (tertiary/aromatic N) is 2. The molecule has 0 atom stereocenters. The highest BCUT2D eigenvalue weighted by molar-refractivity contribution is 8.01. The molecule has 0 unspecified atom stereocenters. The summed E-state index contributed by atoms with van der Waals surface area (Å²) in [6.07, 6.45) is 0. The fourth-order valence-corrected chi connectivity index (χ4v) is 5.03. The Balaban J connectivity index is 1.36. The van der Waals surface area contributed by atoms with Gasteiger partial charge in [-0.1, -0.05) is 23.9 Å². The molecule has 2 aromatic carbocycles. The zero-order chi connectivity index (χ0) is 18.6. The van der Waals surface area contributed by atoms with Crippen molar-refractivity contribution in [2.24, 2.45) is 0 Å². The normalized spacial score (nSPS) is 10.9. The number of hydrogen-bond donors (Lipinski definition) is 1. The zero-order valence-corrected chi connectivity index (χ0v) is 16.8. The second-order valence-electron chi connectivity index (χ2n) is 5.55. The number of ether oxygens (including phenoxy) is 1. The number of aromatic nitrogens is 2. The van der Waals surface area contributed by atoms with E-state index in [0.29, 0.717) is 10.9 Å². The fourth-order valence-electron chi connectivity index (χ4n) is 2.42. The Morgan fingerprint density at radius 3 is 2.74 bits per heavy atom. The van der Waals surface area contributed by atoms with Crippen LogP contribution < -0.4 is 10.1 Å². The Kier molecular flexibility index (Phi) is 5.38. The van der Waals surface area contributed by atoms with E-state index in [-0.39, 0.29) is 5.91 Å². The molecule has 0 saturated carbocycles. The Morgan fingerprint density at radius 2 is 1.96 bits per heavy atom. The van der Waals surface area contributed by atoms with Crippen molar-refractivity contribution >= 4 is 55.7 Å². The molecule has 27 heavy (non-hydrogen) atoms. The molecule has 0 aliphatic carbocycles. The number of benzene rings is 2. The van der Waals surface area contributed by atoms with Crippen LogP contribution in [0.15, 0.2) is 58.3 Å². The lowest BCUT2D eigenvalue weighted by atomic mass is 10.2. The number of amides is 1. The quantitative estimate of drug-likeness (QED) is 0.442. The van der Waals surface area contributed by atoms with Crippen molar-refractivity contribution in [3.05, 3.63) is 53.9 Å². The summed E-state index contributed by atoms with van der Waals surface area (Å²) in [5.41, 5.74) is 2.78. The molecule has 0 bridgehead atoms. The van der Waals surface area contributed by atoms with Gasteiger partial charge >= 0.3 is 0 Å². The van der Waals surface area contributed by atoms with Gasteiger partial charge < -0.3 is 10.1 Å². The van der Waals surface area contributed by atoms with E-state index in [4.69, 9.17) is 4.74 Å². The third kappa shape index (κ3) is 4.29. The van der Waals surface area contributed by atoms with E-state index in [2.05, 4.69) is 15.3 Å². The number of thioether (sulfide) groups is 1. The van der Waals surface area contributed by atoms with Crippen LogP contribution in [0.3, 0.4) is 0 Å². The Hall–Kier alpha value is -2.42. The van der Waals surface area contributed by atoms with Crippen molar-refractivity contribution in [2.75, 3.05) is 18.2 Å². The number of para-hydroxylation sites is 1. The molecular weight excluding hydrogens is 398 g/mol. The van der Waals surface area contributed by atoms with E-state index in [0.717, 1.165) is 31.6 Å². The standard InChI is InChI=1S/C19H15N3O2S3/c1-24-13-8-6-12(7-9-13)15-10-25-18(20-15)22-17(23)11-26-19-21-14-4-2-3-5-16(14)27-19/h2-10H,11H2,1H3,(H,20,22,23). The van der Waals surface area contributed by atoms with Gasteiger partial charge in [-0.3, -0.25) is 4.79 Å². The van der Waals surface area contributed by atoms with Gasteiger partial charge in [0.15, 0.2) is 9.47 Å². The first-order valence-corrected chi connectivity index (χ1v) is 10.8. The minimum atomic E-state index is -0.0881. The first kappa shape index (κ1) is 18.0. The zero-order valence-electron chi connectivity index (χ0n) is 14.3. The van der Waals surface area contributed by atoms with Gasteiger partial charge in [0.05, 0.1) is 28.8 Å². The van der Waals surface area contributed by atoms with E-state index in [1.165, 1.54) is 23.1 Å². The van der Waals surface area contributed by atoms with Crippen LogP contribution in [0.5, 0.6) is 5.75 Å². The monoisotopic (exact) mass is 413 g/mol. The first-order valence-electron chi connectivity index (χ1n) is 8.09. The number of anilines is 1. The van der Waals surface area contributed by atoms with Gasteiger partial charge in [-0.05, 0) is 36.4 Å². The summed E-state index contributed by atoms with van der Waals surface area (Å²) in [7, 11) is 1.64. The lowest BCUT2D eigenvalue weighted by Gasteiger charge is -2.01. The summed E-state index contributed by atoms with van der Waals surface area (Å²) in [6.45, 7) is 0. The van der Waals surface area contributed by atoms with Gasteiger partial charge in [0.2, 0.25) is 5.91 Å². The van der Waals surface area contributed by atoms with Crippen molar-refractivity contribution in [1.29, 1.82) is 0 Å². The first-order chi connectivity index (χ1) is 13.2. The average Bonchev–Trinajstić information content (AvgIpc) is 3.33. The molecular formula is C19H15N3O2S3. The molecule has 0 aliphatic heterocycles. The molecule has 4 rings (SSSR count). The number of carbonyl (C=O) groups excluding carboxylic acids is 1. The fraction of sp³-hybridized carbons (Fsp3) is 0.105. The van der Waals surface area contributed by atoms with Crippen LogP contribution in [-0.4, -0.2) is 28.7 Å². The molecule has 0 aliphatic rings. The van der Waals surface area contributed by atoms with Crippen LogP contribution in [0.4, 0.5) is 5.13 Å². The summed E-state index contributed by atoms with van der Waals surface area (Å²) < 4.78 is 7.19. The maximum absolute atomic E-state index is 12.2. The maximum atomic E-state index is 12.2. The van der Waals surface area contributed by atoms with Crippen molar-refractivity contribution < 1.29 is 9.53 Å². The van der Waals surface area contributed by atoms with Gasteiger partial charge in [0, 0.05) is 10.9 Å². The highest BCUT2D eigenvalue weighted by atomic mass is 32.2. The van der Waals surface area contributed by atoms with Gasteiger partial charge in [-0.2, -0.15) is 0 Å². The van der Waals surface area contributed by atoms with Crippen LogP contribution in [0.25, 0.3) is 21.5 Å². The number of methoxy groups -OCH3 is 1. The molecule has 1 amide bonds. The number of fused-ring (bicyclic) bond motifs is 1. The summed E-state index contributed by atoms with van der Waals surface area (Å²) >= 11 is 4.45. The largest absolute Gasteiger partial charge is 0.497 e. The third-order valence-corrected chi connectivity index (χ3v) is 6.67. The second-order valence-corrected chi connectivity index (χ2v) is 8.66. The lowest BCUT2D eigenvalue weighted by Crippen LogP contribution is -2.13. The smallest absolute Gasteiger partial charge is 0.236 e. The van der Waals surface area contributed by atoms with Crippen molar-refractivity contribution in [2.45, 2.75) is 4.34 Å². The molecule has 0 fully saturated rings. The second kappa shape index (κ2) is 8.08. The predicted molar refractivity (Wildman–Crippen MR) is 113 cm³/mol. The SMILES string of the molecule is COc1ccc(-c2csc(NC(=O)CSc3nc4ccccc4s3)n2)cc1. The van der Waals surface area contributed by atoms with Crippen LogP contribution >= 0.6 is 34.4 Å². The lowest BCUT2D eigenvalue weighted by molar-refractivity contribution is -0.113. The number of hydrogen-bond acceptors (Lipinski definition) is 7. The van der Waals surface area contributed by atoms with E-state index < -0.39 is 0 Å². The van der Waals surface area contributed by atoms with Crippen LogP contribution in [0.1, 0.15) is 0 Å². The minimum Gasteiger partial charge on any atom is -0.497 e. The molecule has 2 aromatic heterocycles. The molecule has 136 valence electrons. The topological polar surface area (TPSA) is 64.1 Å². The third-order valence-electron chi connectivity index (χ3n) is 3.74. The van der Waals surface area contributed by atoms with Gasteiger partial charge in [0.1, 0.15) is 5.75 Å². The Labute approximate surface area is 168 Å².